The predicted octanol–water partition coefficient (Wildman–Crippen LogP) is 3.63. The molecule has 0 saturated carbocycles. The van der Waals surface area contributed by atoms with Crippen LogP contribution in [-0.2, 0) is 6.54 Å². The number of rotatable bonds is 3. The van der Waals surface area contributed by atoms with Gasteiger partial charge in [-0.05, 0) is 30.3 Å². The number of nitrogens with zero attached hydrogens (tertiary/aromatic N) is 1. The summed E-state index contributed by atoms with van der Waals surface area (Å²) in [5.41, 5.74) is 1.06. The molecule has 2 nitrogen and oxygen atoms in total. The molecule has 0 aliphatic carbocycles. The molecule has 0 spiro atoms. The van der Waals surface area contributed by atoms with Crippen LogP contribution in [0.25, 0.3) is 0 Å². The molecule has 1 heterocycles. The van der Waals surface area contributed by atoms with Gasteiger partial charge in [-0.15, -0.1) is 0 Å². The molecule has 2 aromatic rings. The number of hydrogen-bond acceptors (Lipinski definition) is 2. The molecule has 0 atom stereocenters. The molecule has 0 aliphatic rings. The summed E-state index contributed by atoms with van der Waals surface area (Å²) in [6.45, 7) is 0.264. The predicted molar refractivity (Wildman–Crippen MR) is 62.9 cm³/mol. The minimum atomic E-state index is -0.551. The maximum atomic E-state index is 13.4. The molecular weight excluding hydrogens is 246 g/mol. The van der Waals surface area contributed by atoms with Crippen LogP contribution in [-0.4, -0.2) is 4.98 Å². The van der Waals surface area contributed by atoms with Crippen molar-refractivity contribution >= 4 is 17.3 Å². The molecule has 0 saturated heterocycles. The molecule has 0 fully saturated rings. The van der Waals surface area contributed by atoms with Gasteiger partial charge in [0.1, 0.15) is 5.82 Å². The minimum absolute atomic E-state index is 0.264. The van der Waals surface area contributed by atoms with Gasteiger partial charge < -0.3 is 5.32 Å². The second kappa shape index (κ2) is 5.10. The molecule has 0 amide bonds. The summed E-state index contributed by atoms with van der Waals surface area (Å²) < 4.78 is 25.9. The number of anilines is 1. The van der Waals surface area contributed by atoms with Gasteiger partial charge in [-0.3, -0.25) is 0 Å². The molecule has 5 heteroatoms. The molecule has 1 N–H and O–H groups in total. The number of pyridine rings is 1. The lowest BCUT2D eigenvalue weighted by Gasteiger charge is -2.07. The molecule has 17 heavy (non-hydrogen) atoms. The number of halogens is 3. The first-order valence-electron chi connectivity index (χ1n) is 4.94. The van der Waals surface area contributed by atoms with Crippen LogP contribution in [0.4, 0.5) is 14.5 Å². The van der Waals surface area contributed by atoms with E-state index in [1.54, 1.807) is 6.07 Å². The van der Waals surface area contributed by atoms with E-state index in [0.29, 0.717) is 16.3 Å². The van der Waals surface area contributed by atoms with E-state index in [1.807, 2.05) is 0 Å². The fourth-order valence-electron chi connectivity index (χ4n) is 1.36. The third-order valence-corrected chi connectivity index (χ3v) is 2.45. The zero-order valence-corrected chi connectivity index (χ0v) is 9.51. The van der Waals surface area contributed by atoms with E-state index >= 15 is 0 Å². The minimum Gasteiger partial charge on any atom is -0.380 e. The fourth-order valence-corrected chi connectivity index (χ4v) is 1.55. The van der Waals surface area contributed by atoms with Crippen LogP contribution in [0.3, 0.4) is 0 Å². The Morgan fingerprint density at radius 3 is 2.71 bits per heavy atom. The van der Waals surface area contributed by atoms with E-state index in [9.17, 15) is 8.78 Å². The monoisotopic (exact) mass is 254 g/mol. The summed E-state index contributed by atoms with van der Waals surface area (Å²) in [4.78, 5) is 3.48. The summed E-state index contributed by atoms with van der Waals surface area (Å²) in [7, 11) is 0. The van der Waals surface area contributed by atoms with Crippen molar-refractivity contribution in [1.29, 1.82) is 0 Å². The Morgan fingerprint density at radius 1 is 1.18 bits per heavy atom. The maximum absolute atomic E-state index is 13.4. The molecule has 0 radical (unpaired) electrons. The van der Waals surface area contributed by atoms with Crippen molar-refractivity contribution < 1.29 is 8.78 Å². The van der Waals surface area contributed by atoms with E-state index in [0.717, 1.165) is 0 Å². The third-order valence-electron chi connectivity index (χ3n) is 2.22. The average Bonchev–Trinajstić information content (AvgIpc) is 2.32. The van der Waals surface area contributed by atoms with Crippen LogP contribution in [0, 0.1) is 11.8 Å². The van der Waals surface area contributed by atoms with E-state index in [1.165, 1.54) is 30.5 Å². The largest absolute Gasteiger partial charge is 0.380 e. The van der Waals surface area contributed by atoms with Crippen molar-refractivity contribution in [3.05, 3.63) is 58.9 Å². The second-order valence-corrected chi connectivity index (χ2v) is 3.90. The summed E-state index contributed by atoms with van der Waals surface area (Å²) in [5.74, 6) is -0.888. The van der Waals surface area contributed by atoms with Gasteiger partial charge >= 0.3 is 0 Å². The quantitative estimate of drug-likeness (QED) is 0.846. The van der Waals surface area contributed by atoms with Crippen molar-refractivity contribution in [1.82, 2.24) is 4.98 Å². The Hall–Kier alpha value is -1.68. The number of aromatic nitrogens is 1. The van der Waals surface area contributed by atoms with Crippen molar-refractivity contribution in [3.63, 3.8) is 0 Å². The van der Waals surface area contributed by atoms with Crippen LogP contribution in [0.1, 0.15) is 5.56 Å². The lowest BCUT2D eigenvalue weighted by atomic mass is 10.2. The highest BCUT2D eigenvalue weighted by molar-refractivity contribution is 6.30. The molecule has 1 aromatic carbocycles. The van der Waals surface area contributed by atoms with Crippen molar-refractivity contribution in [2.24, 2.45) is 0 Å². The van der Waals surface area contributed by atoms with Gasteiger partial charge in [0.2, 0.25) is 5.95 Å². The summed E-state index contributed by atoms with van der Waals surface area (Å²) in [5, 5.41) is 3.40. The van der Waals surface area contributed by atoms with Crippen molar-refractivity contribution in [3.8, 4) is 0 Å². The fraction of sp³-hybridized carbons (Fsp3) is 0.0833. The standard InChI is InChI=1S/C12H9ClF2N2/c13-9-1-3-11(14)8(5-9)6-16-10-2-4-12(15)17-7-10/h1-5,7,16H,6H2. The Balaban J connectivity index is 2.07. The number of hydrogen-bond donors (Lipinski definition) is 1. The third kappa shape index (κ3) is 3.14. The van der Waals surface area contributed by atoms with Crippen LogP contribution in [0.5, 0.6) is 0 Å². The second-order valence-electron chi connectivity index (χ2n) is 3.46. The summed E-state index contributed by atoms with van der Waals surface area (Å²) >= 11 is 5.76. The van der Waals surface area contributed by atoms with Gasteiger partial charge in [-0.1, -0.05) is 11.6 Å². The Bertz CT molecular complexity index is 514. The highest BCUT2D eigenvalue weighted by Gasteiger charge is 2.03. The first-order valence-corrected chi connectivity index (χ1v) is 5.32. The van der Waals surface area contributed by atoms with Crippen molar-refractivity contribution in [2.75, 3.05) is 5.32 Å². The van der Waals surface area contributed by atoms with Gasteiger partial charge in [0.15, 0.2) is 0 Å². The van der Waals surface area contributed by atoms with Gasteiger partial charge in [0.05, 0.1) is 11.9 Å². The Morgan fingerprint density at radius 2 is 2.00 bits per heavy atom. The van der Waals surface area contributed by atoms with Gasteiger partial charge in [0, 0.05) is 17.1 Å². The average molecular weight is 255 g/mol. The van der Waals surface area contributed by atoms with E-state index in [4.69, 9.17) is 11.6 Å². The van der Waals surface area contributed by atoms with Crippen LogP contribution in [0.2, 0.25) is 5.02 Å². The molecule has 0 unspecified atom stereocenters. The zero-order valence-electron chi connectivity index (χ0n) is 8.75. The molecule has 0 aliphatic heterocycles. The van der Waals surface area contributed by atoms with E-state index in [-0.39, 0.29) is 12.4 Å². The molecular formula is C12H9ClF2N2. The van der Waals surface area contributed by atoms with E-state index in [2.05, 4.69) is 10.3 Å². The first kappa shape index (κ1) is 11.8. The summed E-state index contributed by atoms with van der Waals surface area (Å²) in [6.07, 6.45) is 1.35. The number of benzene rings is 1. The Kier molecular flexibility index (Phi) is 3.54. The van der Waals surface area contributed by atoms with Crippen molar-refractivity contribution in [2.45, 2.75) is 6.54 Å². The Labute approximate surface area is 102 Å². The smallest absolute Gasteiger partial charge is 0.212 e. The summed E-state index contributed by atoms with van der Waals surface area (Å²) in [6, 6.07) is 7.10. The van der Waals surface area contributed by atoms with Crippen LogP contribution < -0.4 is 5.32 Å². The van der Waals surface area contributed by atoms with Gasteiger partial charge in [-0.25, -0.2) is 9.37 Å². The molecule has 1 aromatic heterocycles. The van der Waals surface area contributed by atoms with Crippen LogP contribution >= 0.6 is 11.6 Å². The molecule has 88 valence electrons. The lowest BCUT2D eigenvalue weighted by Crippen LogP contribution is -2.02. The number of nitrogens with one attached hydrogen (secondary N) is 1. The SMILES string of the molecule is Fc1ccc(NCc2cc(Cl)ccc2F)cn1. The molecule has 0 bridgehead atoms. The van der Waals surface area contributed by atoms with Gasteiger partial charge in [-0.2, -0.15) is 4.39 Å². The topological polar surface area (TPSA) is 24.9 Å². The normalized spacial score (nSPS) is 10.3. The maximum Gasteiger partial charge on any atom is 0.212 e. The first-order chi connectivity index (χ1) is 8.15. The molecule has 2 rings (SSSR count). The van der Waals surface area contributed by atoms with Crippen LogP contribution in [0.15, 0.2) is 36.5 Å². The lowest BCUT2D eigenvalue weighted by molar-refractivity contribution is 0.584. The van der Waals surface area contributed by atoms with Gasteiger partial charge in [0.25, 0.3) is 0 Å². The highest BCUT2D eigenvalue weighted by atomic mass is 35.5. The van der Waals surface area contributed by atoms with E-state index < -0.39 is 5.95 Å². The highest BCUT2D eigenvalue weighted by Crippen LogP contribution is 2.16. The zero-order chi connectivity index (χ0) is 12.3.